The van der Waals surface area contributed by atoms with Crippen molar-refractivity contribution >= 4 is 0 Å². The Morgan fingerprint density at radius 1 is 1.30 bits per heavy atom. The second-order valence-electron chi connectivity index (χ2n) is 6.92. The Labute approximate surface area is 137 Å². The average Bonchev–Trinajstić information content (AvgIpc) is 3.28. The summed E-state index contributed by atoms with van der Waals surface area (Å²) in [7, 11) is 2.01. The lowest BCUT2D eigenvalue weighted by molar-refractivity contribution is 0.0881. The summed E-state index contributed by atoms with van der Waals surface area (Å²) >= 11 is 0. The quantitative estimate of drug-likeness (QED) is 0.821. The van der Waals surface area contributed by atoms with E-state index in [2.05, 4.69) is 27.2 Å². The lowest BCUT2D eigenvalue weighted by Gasteiger charge is -2.31. The van der Waals surface area contributed by atoms with Gasteiger partial charge in [-0.3, -0.25) is 14.6 Å². The van der Waals surface area contributed by atoms with E-state index in [9.17, 15) is 0 Å². The van der Waals surface area contributed by atoms with E-state index in [0.29, 0.717) is 5.92 Å². The Hall–Kier alpha value is -1.72. The minimum atomic E-state index is 0.371. The van der Waals surface area contributed by atoms with Gasteiger partial charge in [0.2, 0.25) is 0 Å². The summed E-state index contributed by atoms with van der Waals surface area (Å²) < 4.78 is 7.91. The van der Waals surface area contributed by atoms with Crippen LogP contribution in [-0.2, 0) is 24.9 Å². The van der Waals surface area contributed by atoms with Gasteiger partial charge in [-0.1, -0.05) is 6.07 Å². The molecule has 0 N–H and O–H groups in total. The number of hydrogen-bond acceptors (Lipinski definition) is 4. The number of ether oxygens (including phenoxy) is 1. The Kier molecular flexibility index (Phi) is 4.14. The van der Waals surface area contributed by atoms with E-state index in [1.165, 1.54) is 29.7 Å². The third-order valence-electron chi connectivity index (χ3n) is 4.69. The predicted molar refractivity (Wildman–Crippen MR) is 87.8 cm³/mol. The third kappa shape index (κ3) is 3.62. The maximum atomic E-state index is 5.97. The van der Waals surface area contributed by atoms with Gasteiger partial charge < -0.3 is 4.74 Å². The zero-order valence-corrected chi connectivity index (χ0v) is 13.7. The topological polar surface area (TPSA) is 43.2 Å². The second-order valence-corrected chi connectivity index (χ2v) is 6.92. The van der Waals surface area contributed by atoms with Crippen LogP contribution in [0.4, 0.5) is 0 Å². The van der Waals surface area contributed by atoms with Crippen molar-refractivity contribution in [3.05, 3.63) is 47.5 Å². The van der Waals surface area contributed by atoms with E-state index in [-0.39, 0.29) is 0 Å². The number of rotatable bonds is 6. The van der Waals surface area contributed by atoms with Crippen LogP contribution in [0.2, 0.25) is 0 Å². The van der Waals surface area contributed by atoms with E-state index >= 15 is 0 Å². The zero-order chi connectivity index (χ0) is 15.6. The first-order chi connectivity index (χ1) is 11.3. The van der Waals surface area contributed by atoms with Crippen molar-refractivity contribution < 1.29 is 4.74 Å². The molecule has 1 saturated carbocycles. The van der Waals surface area contributed by atoms with E-state index in [1.807, 2.05) is 30.2 Å². The minimum absolute atomic E-state index is 0.371. The molecule has 0 radical (unpaired) electrons. The lowest BCUT2D eigenvalue weighted by atomic mass is 9.97. The summed E-state index contributed by atoms with van der Waals surface area (Å²) in [5.41, 5.74) is 3.82. The van der Waals surface area contributed by atoms with Crippen LogP contribution in [0, 0.1) is 5.92 Å². The molecule has 2 aliphatic rings. The van der Waals surface area contributed by atoms with Gasteiger partial charge in [0.15, 0.2) is 0 Å². The van der Waals surface area contributed by atoms with Crippen molar-refractivity contribution in [1.29, 1.82) is 0 Å². The van der Waals surface area contributed by atoms with Gasteiger partial charge >= 0.3 is 0 Å². The molecule has 0 aromatic carbocycles. The van der Waals surface area contributed by atoms with Gasteiger partial charge in [-0.15, -0.1) is 0 Å². The number of hydrogen-bond donors (Lipinski definition) is 0. The SMILES string of the molecule is Cn1cc2c(n1)C(COCC1CC1)CN(Cc1cccnc1)C2. The molecule has 5 nitrogen and oxygen atoms in total. The second kappa shape index (κ2) is 6.42. The van der Waals surface area contributed by atoms with Crippen molar-refractivity contribution in [2.75, 3.05) is 19.8 Å². The van der Waals surface area contributed by atoms with E-state index in [4.69, 9.17) is 4.74 Å². The summed E-state index contributed by atoms with van der Waals surface area (Å²) in [5, 5.41) is 4.69. The number of aryl methyl sites for hydroxylation is 1. The highest BCUT2D eigenvalue weighted by atomic mass is 16.5. The maximum absolute atomic E-state index is 5.97. The Morgan fingerprint density at radius 3 is 3.00 bits per heavy atom. The summed E-state index contributed by atoms with van der Waals surface area (Å²) in [5.74, 6) is 1.18. The van der Waals surface area contributed by atoms with Crippen LogP contribution in [0.5, 0.6) is 0 Å². The summed E-state index contributed by atoms with van der Waals surface area (Å²) in [6.07, 6.45) is 8.61. The molecule has 5 heteroatoms. The molecule has 2 aromatic rings. The van der Waals surface area contributed by atoms with Crippen LogP contribution in [0.1, 0.15) is 35.6 Å². The average molecular weight is 312 g/mol. The van der Waals surface area contributed by atoms with E-state index < -0.39 is 0 Å². The van der Waals surface area contributed by atoms with Crippen LogP contribution in [0.15, 0.2) is 30.7 Å². The maximum Gasteiger partial charge on any atom is 0.0736 e. The van der Waals surface area contributed by atoms with Gasteiger partial charge in [-0.25, -0.2) is 0 Å². The standard InChI is InChI=1S/C18H24N4O/c1-21-9-16-10-22(8-15-3-2-6-19-7-15)11-17(18(16)20-21)13-23-12-14-4-5-14/h2-3,6-7,9,14,17H,4-5,8,10-13H2,1H3. The molecule has 0 saturated heterocycles. The molecule has 0 spiro atoms. The Bertz CT molecular complexity index is 650. The predicted octanol–water partition coefficient (Wildman–Crippen LogP) is 2.34. The first-order valence-electron chi connectivity index (χ1n) is 8.49. The minimum Gasteiger partial charge on any atom is -0.380 e. The van der Waals surface area contributed by atoms with Crippen molar-refractivity contribution in [3.8, 4) is 0 Å². The molecule has 23 heavy (non-hydrogen) atoms. The number of fused-ring (bicyclic) bond motifs is 1. The van der Waals surface area contributed by atoms with Gasteiger partial charge in [-0.2, -0.15) is 5.10 Å². The molecular weight excluding hydrogens is 288 g/mol. The molecule has 0 bridgehead atoms. The fourth-order valence-electron chi connectivity index (χ4n) is 3.39. The Balaban J connectivity index is 1.45. The molecular formula is C18H24N4O. The van der Waals surface area contributed by atoms with Crippen molar-refractivity contribution in [1.82, 2.24) is 19.7 Å². The number of nitrogens with zero attached hydrogens (tertiary/aromatic N) is 4. The van der Waals surface area contributed by atoms with Gasteiger partial charge in [0, 0.05) is 63.4 Å². The van der Waals surface area contributed by atoms with Crippen LogP contribution in [0.25, 0.3) is 0 Å². The van der Waals surface area contributed by atoms with Crippen LogP contribution in [-0.4, -0.2) is 39.4 Å². The highest BCUT2D eigenvalue weighted by Crippen LogP contribution is 2.31. The molecule has 2 aromatic heterocycles. The summed E-state index contributed by atoms with van der Waals surface area (Å²) in [4.78, 5) is 6.70. The van der Waals surface area contributed by atoms with Gasteiger partial charge in [0.1, 0.15) is 0 Å². The van der Waals surface area contributed by atoms with Crippen LogP contribution < -0.4 is 0 Å². The molecule has 122 valence electrons. The molecule has 4 rings (SSSR count). The van der Waals surface area contributed by atoms with Crippen LogP contribution >= 0.6 is 0 Å². The van der Waals surface area contributed by atoms with Gasteiger partial charge in [0.25, 0.3) is 0 Å². The molecule has 1 unspecified atom stereocenters. The molecule has 1 fully saturated rings. The highest BCUT2D eigenvalue weighted by molar-refractivity contribution is 5.25. The third-order valence-corrected chi connectivity index (χ3v) is 4.69. The van der Waals surface area contributed by atoms with Crippen molar-refractivity contribution in [2.24, 2.45) is 13.0 Å². The van der Waals surface area contributed by atoms with Crippen molar-refractivity contribution in [2.45, 2.75) is 31.8 Å². The molecule has 1 aliphatic carbocycles. The van der Waals surface area contributed by atoms with Gasteiger partial charge in [-0.05, 0) is 30.4 Å². The monoisotopic (exact) mass is 312 g/mol. The highest BCUT2D eigenvalue weighted by Gasteiger charge is 2.29. The van der Waals surface area contributed by atoms with Crippen LogP contribution in [0.3, 0.4) is 0 Å². The first kappa shape index (κ1) is 14.8. The normalized spacial score (nSPS) is 21.3. The fraction of sp³-hybridized carbons (Fsp3) is 0.556. The molecule has 0 amide bonds. The Morgan fingerprint density at radius 2 is 2.22 bits per heavy atom. The number of pyridine rings is 1. The molecule has 1 aliphatic heterocycles. The van der Waals surface area contributed by atoms with Gasteiger partial charge in [0.05, 0.1) is 12.3 Å². The zero-order valence-electron chi connectivity index (χ0n) is 13.7. The first-order valence-corrected chi connectivity index (χ1v) is 8.49. The van der Waals surface area contributed by atoms with E-state index in [0.717, 1.165) is 38.8 Å². The van der Waals surface area contributed by atoms with E-state index in [1.54, 1.807) is 0 Å². The fourth-order valence-corrected chi connectivity index (χ4v) is 3.39. The number of aromatic nitrogens is 3. The van der Waals surface area contributed by atoms with Crippen molar-refractivity contribution in [3.63, 3.8) is 0 Å². The lowest BCUT2D eigenvalue weighted by Crippen LogP contribution is -2.35. The smallest absolute Gasteiger partial charge is 0.0736 e. The largest absolute Gasteiger partial charge is 0.380 e. The molecule has 3 heterocycles. The summed E-state index contributed by atoms with van der Waals surface area (Å²) in [6, 6.07) is 4.15. The summed E-state index contributed by atoms with van der Waals surface area (Å²) in [6.45, 7) is 4.59. The molecule has 1 atom stereocenters.